The molecule has 10 heteroatoms. The smallest absolute Gasteiger partial charge is 0.254 e. The number of hydrogen-bond donors (Lipinski definition) is 2. The number of aromatic nitrogens is 4. The highest BCUT2D eigenvalue weighted by molar-refractivity contribution is 7.99. The summed E-state index contributed by atoms with van der Waals surface area (Å²) in [4.78, 5) is 27.3. The second-order valence-corrected chi connectivity index (χ2v) is 10.2. The lowest BCUT2D eigenvalue weighted by molar-refractivity contribution is -0.113. The Morgan fingerprint density at radius 3 is 2.54 bits per heavy atom. The lowest BCUT2D eigenvalue weighted by atomic mass is 9.95. The van der Waals surface area contributed by atoms with Crippen LogP contribution in [-0.4, -0.2) is 37.8 Å². The van der Waals surface area contributed by atoms with E-state index in [1.54, 1.807) is 4.68 Å². The summed E-state index contributed by atoms with van der Waals surface area (Å²) in [6, 6.07) is 19.3. The molecular formula is C25H24N6O2S2. The van der Waals surface area contributed by atoms with Gasteiger partial charge in [-0.25, -0.2) is 0 Å². The largest absolute Gasteiger partial charge is 0.348 e. The number of para-hydroxylation sites is 1. The zero-order valence-corrected chi connectivity index (χ0v) is 20.6. The Balaban J connectivity index is 1.28. The highest BCUT2D eigenvalue weighted by atomic mass is 32.2. The fourth-order valence-electron chi connectivity index (χ4n) is 4.05. The van der Waals surface area contributed by atoms with E-state index in [-0.39, 0.29) is 17.6 Å². The monoisotopic (exact) mass is 504 g/mol. The Morgan fingerprint density at radius 1 is 1.00 bits per heavy atom. The van der Waals surface area contributed by atoms with Crippen LogP contribution >= 0.6 is 23.1 Å². The molecule has 35 heavy (non-hydrogen) atoms. The standard InChI is InChI=1S/C25H24N6O2S2/c32-21(16-34-25-28-29-30-31(25)18-11-5-2-6-12-18)27-24-22(19-13-7-8-14-20(19)35-24)23(33)26-15-17-9-3-1-4-10-17/h1-6,9-12H,7-8,13-16H2,(H,26,33)(H,27,32). The minimum atomic E-state index is -0.201. The van der Waals surface area contributed by atoms with Gasteiger partial charge in [-0.2, -0.15) is 4.68 Å². The van der Waals surface area contributed by atoms with E-state index in [4.69, 9.17) is 0 Å². The Kier molecular flexibility index (Phi) is 7.20. The number of anilines is 1. The lowest BCUT2D eigenvalue weighted by Gasteiger charge is -2.13. The van der Waals surface area contributed by atoms with Crippen molar-refractivity contribution in [1.82, 2.24) is 25.5 Å². The zero-order chi connectivity index (χ0) is 24.0. The highest BCUT2D eigenvalue weighted by Gasteiger charge is 2.26. The van der Waals surface area contributed by atoms with Crippen LogP contribution in [0, 0.1) is 0 Å². The van der Waals surface area contributed by atoms with Gasteiger partial charge in [-0.15, -0.1) is 16.4 Å². The van der Waals surface area contributed by atoms with Crippen LogP contribution in [-0.2, 0) is 24.2 Å². The van der Waals surface area contributed by atoms with E-state index >= 15 is 0 Å². The predicted octanol–water partition coefficient (Wildman–Crippen LogP) is 4.26. The number of nitrogens with zero attached hydrogens (tertiary/aromatic N) is 4. The van der Waals surface area contributed by atoms with Crippen LogP contribution in [0.2, 0.25) is 0 Å². The Morgan fingerprint density at radius 2 is 1.74 bits per heavy atom. The maximum absolute atomic E-state index is 13.2. The number of fused-ring (bicyclic) bond motifs is 1. The number of thiophene rings is 1. The van der Waals surface area contributed by atoms with Crippen molar-refractivity contribution < 1.29 is 9.59 Å². The third-order valence-corrected chi connectivity index (χ3v) is 7.85. The van der Waals surface area contributed by atoms with E-state index in [0.29, 0.717) is 22.3 Å². The quantitative estimate of drug-likeness (QED) is 0.348. The number of nitrogens with one attached hydrogen (secondary N) is 2. The van der Waals surface area contributed by atoms with Gasteiger partial charge < -0.3 is 10.6 Å². The van der Waals surface area contributed by atoms with Gasteiger partial charge in [0.15, 0.2) is 0 Å². The number of benzene rings is 2. The summed E-state index contributed by atoms with van der Waals surface area (Å²) in [5.74, 6) is -0.224. The first kappa shape index (κ1) is 23.3. The molecule has 0 spiro atoms. The molecule has 0 radical (unpaired) electrons. The van der Waals surface area contributed by atoms with E-state index in [0.717, 1.165) is 42.5 Å². The van der Waals surface area contributed by atoms with Crippen LogP contribution in [0.3, 0.4) is 0 Å². The Labute approximate surface area is 211 Å². The van der Waals surface area contributed by atoms with E-state index in [9.17, 15) is 9.59 Å². The number of thioether (sulfide) groups is 1. The number of aryl methyl sites for hydroxylation is 1. The van der Waals surface area contributed by atoms with Crippen LogP contribution in [0.15, 0.2) is 65.8 Å². The molecule has 0 atom stereocenters. The first-order chi connectivity index (χ1) is 17.2. The average Bonchev–Trinajstić information content (AvgIpc) is 3.51. The fourth-order valence-corrected chi connectivity index (χ4v) is 6.05. The molecule has 8 nitrogen and oxygen atoms in total. The molecule has 0 fully saturated rings. The highest BCUT2D eigenvalue weighted by Crippen LogP contribution is 2.38. The maximum atomic E-state index is 13.2. The Bertz CT molecular complexity index is 1320. The van der Waals surface area contributed by atoms with Gasteiger partial charge in [0.2, 0.25) is 11.1 Å². The van der Waals surface area contributed by atoms with Crippen molar-refractivity contribution in [3.63, 3.8) is 0 Å². The zero-order valence-electron chi connectivity index (χ0n) is 18.9. The molecule has 2 amide bonds. The third kappa shape index (κ3) is 5.44. The van der Waals surface area contributed by atoms with E-state index in [1.165, 1.54) is 28.0 Å². The number of rotatable bonds is 8. The molecule has 1 aliphatic carbocycles. The summed E-state index contributed by atoms with van der Waals surface area (Å²) in [7, 11) is 0. The SMILES string of the molecule is O=C(CSc1nnnn1-c1ccccc1)Nc1sc2c(c1C(=O)NCc1ccccc1)CCCC2. The number of hydrogen-bond acceptors (Lipinski definition) is 7. The van der Waals surface area contributed by atoms with Crippen molar-refractivity contribution in [2.75, 3.05) is 11.1 Å². The number of carbonyl (C=O) groups excluding carboxylic acids is 2. The van der Waals surface area contributed by atoms with Crippen LogP contribution in [0.5, 0.6) is 0 Å². The van der Waals surface area contributed by atoms with E-state index in [2.05, 4.69) is 26.2 Å². The van der Waals surface area contributed by atoms with Crippen molar-refractivity contribution >= 4 is 39.9 Å². The molecule has 2 aromatic carbocycles. The second kappa shape index (κ2) is 10.8. The molecule has 0 aliphatic heterocycles. The van der Waals surface area contributed by atoms with Gasteiger partial charge >= 0.3 is 0 Å². The number of tetrazole rings is 1. The molecule has 2 aromatic heterocycles. The maximum Gasteiger partial charge on any atom is 0.254 e. The summed E-state index contributed by atoms with van der Waals surface area (Å²) < 4.78 is 1.60. The number of amides is 2. The molecule has 178 valence electrons. The van der Waals surface area contributed by atoms with Crippen molar-refractivity contribution in [3.05, 3.63) is 82.2 Å². The lowest BCUT2D eigenvalue weighted by Crippen LogP contribution is -2.25. The molecule has 1 aliphatic rings. The van der Waals surface area contributed by atoms with Crippen LogP contribution in [0.1, 0.15) is 39.2 Å². The molecule has 0 bridgehead atoms. The van der Waals surface area contributed by atoms with Crippen molar-refractivity contribution in [2.45, 2.75) is 37.4 Å². The summed E-state index contributed by atoms with van der Waals surface area (Å²) in [6.07, 6.45) is 3.95. The molecule has 5 rings (SSSR count). The van der Waals surface area contributed by atoms with Gasteiger partial charge in [0.25, 0.3) is 5.91 Å². The molecule has 2 heterocycles. The van der Waals surface area contributed by atoms with Gasteiger partial charge in [0.05, 0.1) is 17.0 Å². The van der Waals surface area contributed by atoms with Crippen molar-refractivity contribution in [3.8, 4) is 5.69 Å². The molecule has 0 saturated heterocycles. The van der Waals surface area contributed by atoms with Gasteiger partial charge in [0.1, 0.15) is 5.00 Å². The molecule has 0 saturated carbocycles. The van der Waals surface area contributed by atoms with Crippen LogP contribution in [0.4, 0.5) is 5.00 Å². The summed E-state index contributed by atoms with van der Waals surface area (Å²) >= 11 is 2.77. The topological polar surface area (TPSA) is 102 Å². The van der Waals surface area contributed by atoms with Gasteiger partial charge in [0, 0.05) is 11.4 Å². The molecule has 2 N–H and O–H groups in total. The minimum absolute atomic E-state index is 0.126. The van der Waals surface area contributed by atoms with E-state index < -0.39 is 0 Å². The summed E-state index contributed by atoms with van der Waals surface area (Å²) in [6.45, 7) is 0.440. The summed E-state index contributed by atoms with van der Waals surface area (Å²) in [5, 5.41) is 19.0. The van der Waals surface area contributed by atoms with Gasteiger partial charge in [-0.1, -0.05) is 60.3 Å². The molecule has 0 unspecified atom stereocenters. The van der Waals surface area contributed by atoms with Crippen LogP contribution < -0.4 is 10.6 Å². The fraction of sp³-hybridized carbons (Fsp3) is 0.240. The first-order valence-corrected chi connectivity index (χ1v) is 13.2. The third-order valence-electron chi connectivity index (χ3n) is 5.72. The molecule has 4 aromatic rings. The van der Waals surface area contributed by atoms with Gasteiger partial charge in [-0.3, -0.25) is 9.59 Å². The van der Waals surface area contributed by atoms with E-state index in [1.807, 2.05) is 60.7 Å². The minimum Gasteiger partial charge on any atom is -0.348 e. The normalized spacial score (nSPS) is 12.7. The van der Waals surface area contributed by atoms with Crippen molar-refractivity contribution in [2.24, 2.45) is 0 Å². The van der Waals surface area contributed by atoms with Crippen molar-refractivity contribution in [1.29, 1.82) is 0 Å². The Hall–Kier alpha value is -3.50. The molecular weight excluding hydrogens is 480 g/mol. The van der Waals surface area contributed by atoms with Crippen LogP contribution in [0.25, 0.3) is 5.69 Å². The number of carbonyl (C=O) groups is 2. The first-order valence-electron chi connectivity index (χ1n) is 11.4. The van der Waals surface area contributed by atoms with Gasteiger partial charge in [-0.05, 0) is 59.4 Å². The predicted molar refractivity (Wildman–Crippen MR) is 137 cm³/mol. The second-order valence-electron chi connectivity index (χ2n) is 8.13. The average molecular weight is 505 g/mol. The summed E-state index contributed by atoms with van der Waals surface area (Å²) in [5.41, 5.74) is 3.53.